The van der Waals surface area contributed by atoms with Crippen LogP contribution in [0.5, 0.6) is 0 Å². The smallest absolute Gasteiger partial charge is 0.0544 e. The Labute approximate surface area is 138 Å². The van der Waals surface area contributed by atoms with Crippen LogP contribution in [0.1, 0.15) is 24.2 Å². The van der Waals surface area contributed by atoms with Gasteiger partial charge in [-0.15, -0.1) is 12.4 Å². The van der Waals surface area contributed by atoms with Gasteiger partial charge in [0.1, 0.15) is 0 Å². The molecule has 22 heavy (non-hydrogen) atoms. The molecule has 0 saturated heterocycles. The van der Waals surface area contributed by atoms with Crippen LogP contribution in [-0.4, -0.2) is 16.9 Å². The summed E-state index contributed by atoms with van der Waals surface area (Å²) in [6.07, 6.45) is 1.85. The Morgan fingerprint density at radius 2 is 1.68 bits per heavy atom. The number of halogens is 1. The number of pyridine rings is 1. The second-order valence-corrected chi connectivity index (χ2v) is 5.48. The molecule has 0 unspecified atom stereocenters. The number of fused-ring (bicyclic) bond motifs is 1. The molecule has 3 rings (SSSR count). The minimum atomic E-state index is 0. The Balaban J connectivity index is 0.00000176. The van der Waals surface area contributed by atoms with Gasteiger partial charge in [0, 0.05) is 18.8 Å². The number of rotatable bonds is 4. The maximum absolute atomic E-state index is 4.42. The maximum atomic E-state index is 4.42. The Hall–Kier alpha value is -1.90. The number of benzene rings is 2. The van der Waals surface area contributed by atoms with Crippen LogP contribution in [0.3, 0.4) is 0 Å². The molecule has 2 nitrogen and oxygen atoms in total. The third kappa shape index (κ3) is 3.46. The first-order valence-corrected chi connectivity index (χ1v) is 7.33. The van der Waals surface area contributed by atoms with Gasteiger partial charge in [0.2, 0.25) is 0 Å². The van der Waals surface area contributed by atoms with Crippen molar-refractivity contribution >= 4 is 23.2 Å². The molecule has 1 heterocycles. The van der Waals surface area contributed by atoms with E-state index in [0.29, 0.717) is 6.04 Å². The first kappa shape index (κ1) is 16.5. The molecule has 0 saturated carbocycles. The molecule has 2 aromatic carbocycles. The van der Waals surface area contributed by atoms with Crippen LogP contribution in [0, 0.1) is 0 Å². The lowest BCUT2D eigenvalue weighted by Gasteiger charge is -2.26. The van der Waals surface area contributed by atoms with E-state index in [9.17, 15) is 0 Å². The molecule has 0 N–H and O–H groups in total. The highest BCUT2D eigenvalue weighted by Gasteiger charge is 2.14. The van der Waals surface area contributed by atoms with Gasteiger partial charge in [0.05, 0.1) is 5.69 Å². The number of hydrogen-bond donors (Lipinski definition) is 0. The summed E-state index contributed by atoms with van der Waals surface area (Å²) in [5.74, 6) is 0. The highest BCUT2D eigenvalue weighted by molar-refractivity contribution is 5.86. The summed E-state index contributed by atoms with van der Waals surface area (Å²) in [4.78, 5) is 6.75. The number of nitrogens with zero attached hydrogens (tertiary/aromatic N) is 2. The van der Waals surface area contributed by atoms with Crippen molar-refractivity contribution in [3.63, 3.8) is 0 Å². The van der Waals surface area contributed by atoms with Gasteiger partial charge in [-0.25, -0.2) is 0 Å². The van der Waals surface area contributed by atoms with Gasteiger partial charge in [0.15, 0.2) is 0 Å². The molecule has 0 bridgehead atoms. The van der Waals surface area contributed by atoms with Gasteiger partial charge in [-0.3, -0.25) is 9.88 Å². The molecule has 0 radical (unpaired) electrons. The first-order valence-electron chi connectivity index (χ1n) is 7.33. The Morgan fingerprint density at radius 1 is 0.955 bits per heavy atom. The fraction of sp³-hybridized carbons (Fsp3) is 0.211. The topological polar surface area (TPSA) is 16.1 Å². The predicted molar refractivity (Wildman–Crippen MR) is 95.3 cm³/mol. The second kappa shape index (κ2) is 7.39. The fourth-order valence-electron chi connectivity index (χ4n) is 2.74. The van der Waals surface area contributed by atoms with Crippen molar-refractivity contribution in [2.75, 3.05) is 7.05 Å². The van der Waals surface area contributed by atoms with Crippen molar-refractivity contribution < 1.29 is 0 Å². The normalized spacial score (nSPS) is 12.1. The van der Waals surface area contributed by atoms with E-state index in [0.717, 1.165) is 12.2 Å². The van der Waals surface area contributed by atoms with Crippen molar-refractivity contribution in [1.82, 2.24) is 9.88 Å². The van der Waals surface area contributed by atoms with E-state index in [1.165, 1.54) is 16.3 Å². The summed E-state index contributed by atoms with van der Waals surface area (Å²) in [6, 6.07) is 21.5. The standard InChI is InChI=1S/C19H20N2.ClH/c1-15(21(2)14-17-10-5-6-13-20-17)18-12-7-9-16-8-3-4-11-19(16)18;/h3-13,15H,14H2,1-2H3;1H/t15-;/m1./s1. The summed E-state index contributed by atoms with van der Waals surface area (Å²) in [5.41, 5.74) is 2.47. The van der Waals surface area contributed by atoms with E-state index in [1.807, 2.05) is 18.3 Å². The van der Waals surface area contributed by atoms with Crippen LogP contribution in [-0.2, 0) is 6.54 Å². The minimum absolute atomic E-state index is 0. The van der Waals surface area contributed by atoms with Gasteiger partial charge in [-0.05, 0) is 42.4 Å². The average molecular weight is 313 g/mol. The average Bonchev–Trinajstić information content (AvgIpc) is 2.54. The van der Waals surface area contributed by atoms with Crippen molar-refractivity contribution in [3.05, 3.63) is 78.1 Å². The molecule has 3 heteroatoms. The molecule has 0 aliphatic rings. The molecule has 114 valence electrons. The monoisotopic (exact) mass is 312 g/mol. The van der Waals surface area contributed by atoms with Crippen LogP contribution in [0.2, 0.25) is 0 Å². The molecule has 0 spiro atoms. The van der Waals surface area contributed by atoms with E-state index in [4.69, 9.17) is 0 Å². The van der Waals surface area contributed by atoms with Gasteiger partial charge in [0.25, 0.3) is 0 Å². The molecule has 0 amide bonds. The lowest BCUT2D eigenvalue weighted by molar-refractivity contribution is 0.251. The van der Waals surface area contributed by atoms with Crippen molar-refractivity contribution in [2.24, 2.45) is 0 Å². The van der Waals surface area contributed by atoms with E-state index in [2.05, 4.69) is 72.4 Å². The summed E-state index contributed by atoms with van der Waals surface area (Å²) < 4.78 is 0. The van der Waals surface area contributed by atoms with E-state index < -0.39 is 0 Å². The van der Waals surface area contributed by atoms with Gasteiger partial charge in [-0.1, -0.05) is 48.5 Å². The largest absolute Gasteiger partial charge is 0.294 e. The fourth-order valence-corrected chi connectivity index (χ4v) is 2.74. The SMILES string of the molecule is C[C@H](c1cccc2ccccc12)N(C)Cc1ccccn1.Cl. The van der Waals surface area contributed by atoms with Gasteiger partial charge >= 0.3 is 0 Å². The van der Waals surface area contributed by atoms with Crippen molar-refractivity contribution in [3.8, 4) is 0 Å². The summed E-state index contributed by atoms with van der Waals surface area (Å²) in [5, 5.41) is 2.63. The molecule has 0 aliphatic heterocycles. The van der Waals surface area contributed by atoms with E-state index >= 15 is 0 Å². The zero-order chi connectivity index (χ0) is 14.7. The van der Waals surface area contributed by atoms with Crippen LogP contribution in [0.4, 0.5) is 0 Å². The zero-order valence-corrected chi connectivity index (χ0v) is 13.8. The van der Waals surface area contributed by atoms with Crippen LogP contribution < -0.4 is 0 Å². The summed E-state index contributed by atoms with van der Waals surface area (Å²) in [7, 11) is 2.15. The molecule has 0 aliphatic carbocycles. The highest BCUT2D eigenvalue weighted by atomic mass is 35.5. The molecule has 1 atom stereocenters. The third-order valence-corrected chi connectivity index (χ3v) is 4.07. The zero-order valence-electron chi connectivity index (χ0n) is 12.9. The molecule has 1 aromatic heterocycles. The quantitative estimate of drug-likeness (QED) is 0.684. The summed E-state index contributed by atoms with van der Waals surface area (Å²) in [6.45, 7) is 3.11. The predicted octanol–water partition coefficient (Wildman–Crippen LogP) is 4.85. The lowest BCUT2D eigenvalue weighted by Crippen LogP contribution is -2.22. The number of aromatic nitrogens is 1. The van der Waals surface area contributed by atoms with Crippen molar-refractivity contribution in [1.29, 1.82) is 0 Å². The van der Waals surface area contributed by atoms with E-state index in [1.54, 1.807) is 0 Å². The highest BCUT2D eigenvalue weighted by Crippen LogP contribution is 2.27. The lowest BCUT2D eigenvalue weighted by atomic mass is 9.99. The third-order valence-electron chi connectivity index (χ3n) is 4.07. The molecule has 3 aromatic rings. The van der Waals surface area contributed by atoms with Gasteiger partial charge in [-0.2, -0.15) is 0 Å². The molecular formula is C19H21ClN2. The Morgan fingerprint density at radius 3 is 2.45 bits per heavy atom. The minimum Gasteiger partial charge on any atom is -0.294 e. The molecule has 0 fully saturated rings. The first-order chi connectivity index (χ1) is 10.3. The van der Waals surface area contributed by atoms with Crippen LogP contribution in [0.25, 0.3) is 10.8 Å². The van der Waals surface area contributed by atoms with Crippen molar-refractivity contribution in [2.45, 2.75) is 19.5 Å². The van der Waals surface area contributed by atoms with E-state index in [-0.39, 0.29) is 12.4 Å². The Bertz CT molecular complexity index is 722. The van der Waals surface area contributed by atoms with Crippen LogP contribution >= 0.6 is 12.4 Å². The maximum Gasteiger partial charge on any atom is 0.0544 e. The summed E-state index contributed by atoms with van der Waals surface area (Å²) >= 11 is 0. The van der Waals surface area contributed by atoms with Gasteiger partial charge < -0.3 is 0 Å². The van der Waals surface area contributed by atoms with Crippen LogP contribution in [0.15, 0.2) is 66.9 Å². The second-order valence-electron chi connectivity index (χ2n) is 5.48. The number of hydrogen-bond acceptors (Lipinski definition) is 2. The molecular weight excluding hydrogens is 292 g/mol. The Kier molecular flexibility index (Phi) is 5.53.